The van der Waals surface area contributed by atoms with E-state index in [9.17, 15) is 9.18 Å². The Kier molecular flexibility index (Phi) is 3.83. The highest BCUT2D eigenvalue weighted by Gasteiger charge is 2.24. The van der Waals surface area contributed by atoms with Gasteiger partial charge in [-0.25, -0.2) is 9.18 Å². The number of H-pyrrole nitrogens is 1. The molecule has 0 spiro atoms. The normalized spacial score (nSPS) is 15.3. The lowest BCUT2D eigenvalue weighted by Gasteiger charge is -2.28. The number of hydrogen-bond acceptors (Lipinski definition) is 2. The summed E-state index contributed by atoms with van der Waals surface area (Å²) in [6.07, 6.45) is 0.762. The number of nitrogens with one attached hydrogen (secondary N) is 2. The Balaban J connectivity index is 1.65. The molecule has 5 nitrogen and oxygen atoms in total. The lowest BCUT2D eigenvalue weighted by Crippen LogP contribution is -2.43. The number of rotatable bonds is 2. The Hall–Kier alpha value is -2.37. The molecular weight excluding hydrogens is 283 g/mol. The van der Waals surface area contributed by atoms with Gasteiger partial charge in [-0.2, -0.15) is 5.10 Å². The molecule has 2 heterocycles. The van der Waals surface area contributed by atoms with E-state index in [0.717, 1.165) is 28.9 Å². The summed E-state index contributed by atoms with van der Waals surface area (Å²) in [7, 11) is 0. The second kappa shape index (κ2) is 5.79. The first kappa shape index (κ1) is 14.6. The van der Waals surface area contributed by atoms with Crippen molar-refractivity contribution >= 4 is 6.03 Å². The van der Waals surface area contributed by atoms with Crippen molar-refractivity contribution in [2.45, 2.75) is 32.9 Å². The Morgan fingerprint density at radius 1 is 1.41 bits per heavy atom. The summed E-state index contributed by atoms with van der Waals surface area (Å²) in [5.41, 5.74) is 4.05. The summed E-state index contributed by atoms with van der Waals surface area (Å²) in [6, 6.07) is 5.91. The van der Waals surface area contributed by atoms with Crippen molar-refractivity contribution in [2.24, 2.45) is 0 Å². The molecule has 0 saturated heterocycles. The second-order valence-electron chi connectivity index (χ2n) is 5.67. The van der Waals surface area contributed by atoms with Crippen molar-refractivity contribution in [3.05, 3.63) is 52.6 Å². The minimum Gasteiger partial charge on any atom is -0.331 e. The largest absolute Gasteiger partial charge is 0.331 e. The molecule has 1 aliphatic rings. The summed E-state index contributed by atoms with van der Waals surface area (Å²) in [6.45, 7) is 5.08. The minimum atomic E-state index is -0.277. The molecule has 22 heavy (non-hydrogen) atoms. The van der Waals surface area contributed by atoms with Crippen LogP contribution in [0.3, 0.4) is 0 Å². The van der Waals surface area contributed by atoms with Crippen molar-refractivity contribution < 1.29 is 9.18 Å². The summed E-state index contributed by atoms with van der Waals surface area (Å²) < 4.78 is 12.9. The smallest absolute Gasteiger partial charge is 0.318 e. The van der Waals surface area contributed by atoms with Crippen molar-refractivity contribution in [3.8, 4) is 0 Å². The van der Waals surface area contributed by atoms with Crippen molar-refractivity contribution in [1.82, 2.24) is 20.4 Å². The number of amides is 2. The average Bonchev–Trinajstić information content (AvgIpc) is 2.88. The number of fused-ring (bicyclic) bond motifs is 1. The molecule has 2 N–H and O–H groups in total. The zero-order chi connectivity index (χ0) is 15.7. The molecule has 0 aliphatic carbocycles. The fourth-order valence-electron chi connectivity index (χ4n) is 2.71. The summed E-state index contributed by atoms with van der Waals surface area (Å²) in [4.78, 5) is 14.2. The third kappa shape index (κ3) is 2.81. The molecule has 6 heteroatoms. The molecule has 0 radical (unpaired) electrons. The van der Waals surface area contributed by atoms with E-state index in [1.807, 2.05) is 13.8 Å². The number of nitrogens with zero attached hydrogens (tertiary/aromatic N) is 2. The number of halogens is 1. The first-order chi connectivity index (χ1) is 10.5. The van der Waals surface area contributed by atoms with Gasteiger partial charge in [0.05, 0.1) is 18.3 Å². The fraction of sp³-hybridized carbons (Fsp3) is 0.375. The molecule has 2 amide bonds. The molecule has 0 unspecified atom stereocenters. The molecular formula is C16H19FN4O. The maximum Gasteiger partial charge on any atom is 0.318 e. The van der Waals surface area contributed by atoms with Gasteiger partial charge in [0.1, 0.15) is 5.82 Å². The molecule has 0 bridgehead atoms. The molecule has 2 aromatic rings. The zero-order valence-electron chi connectivity index (χ0n) is 12.7. The highest BCUT2D eigenvalue weighted by atomic mass is 19.1. The van der Waals surface area contributed by atoms with E-state index in [4.69, 9.17) is 0 Å². The number of aryl methyl sites for hydroxylation is 1. The highest BCUT2D eigenvalue weighted by Crippen LogP contribution is 2.20. The summed E-state index contributed by atoms with van der Waals surface area (Å²) in [5, 5.41) is 10.2. The molecule has 0 saturated carbocycles. The Morgan fingerprint density at radius 3 is 2.86 bits per heavy atom. The molecule has 116 valence electrons. The predicted octanol–water partition coefficient (Wildman–Crippen LogP) is 2.69. The topological polar surface area (TPSA) is 61.0 Å². The number of aromatic nitrogens is 2. The van der Waals surface area contributed by atoms with Gasteiger partial charge in [0.25, 0.3) is 0 Å². The van der Waals surface area contributed by atoms with Crippen LogP contribution in [0.15, 0.2) is 24.3 Å². The summed E-state index contributed by atoms with van der Waals surface area (Å²) >= 11 is 0. The van der Waals surface area contributed by atoms with Gasteiger partial charge in [-0.3, -0.25) is 5.10 Å². The number of urea groups is 1. The Labute approximate surface area is 128 Å². The van der Waals surface area contributed by atoms with Gasteiger partial charge < -0.3 is 10.2 Å². The molecule has 1 atom stereocenters. The third-order valence-corrected chi connectivity index (χ3v) is 4.12. The van der Waals surface area contributed by atoms with Crippen LogP contribution in [0.5, 0.6) is 0 Å². The summed E-state index contributed by atoms with van der Waals surface area (Å²) in [5.74, 6) is -0.277. The van der Waals surface area contributed by atoms with Gasteiger partial charge in [0, 0.05) is 24.2 Å². The lowest BCUT2D eigenvalue weighted by atomic mass is 10.1. The first-order valence-electron chi connectivity index (χ1n) is 7.38. The SMILES string of the molecule is Cc1[nH]nc2c1CN(C(=O)N[C@@H](C)c1ccc(F)cc1)CC2. The zero-order valence-corrected chi connectivity index (χ0v) is 12.7. The molecule has 0 fully saturated rings. The van der Waals surface area contributed by atoms with Gasteiger partial charge in [-0.05, 0) is 31.5 Å². The van der Waals surface area contributed by atoms with Gasteiger partial charge in [0.15, 0.2) is 0 Å². The van der Waals surface area contributed by atoms with Gasteiger partial charge >= 0.3 is 6.03 Å². The third-order valence-electron chi connectivity index (χ3n) is 4.12. The monoisotopic (exact) mass is 302 g/mol. The van der Waals surface area contributed by atoms with E-state index in [-0.39, 0.29) is 17.9 Å². The van der Waals surface area contributed by atoms with Crippen molar-refractivity contribution in [2.75, 3.05) is 6.54 Å². The fourth-order valence-corrected chi connectivity index (χ4v) is 2.71. The number of aromatic amines is 1. The number of carbonyl (C=O) groups is 1. The number of benzene rings is 1. The molecule has 1 aromatic heterocycles. The van der Waals surface area contributed by atoms with E-state index in [0.29, 0.717) is 13.1 Å². The lowest BCUT2D eigenvalue weighted by molar-refractivity contribution is 0.189. The second-order valence-corrected chi connectivity index (χ2v) is 5.67. The van der Waals surface area contributed by atoms with Crippen molar-refractivity contribution in [1.29, 1.82) is 0 Å². The van der Waals surface area contributed by atoms with Gasteiger partial charge in [-0.1, -0.05) is 12.1 Å². The molecule has 1 aliphatic heterocycles. The van der Waals surface area contributed by atoms with E-state index in [1.54, 1.807) is 17.0 Å². The van der Waals surface area contributed by atoms with Crippen LogP contribution in [0.25, 0.3) is 0 Å². The van der Waals surface area contributed by atoms with Gasteiger partial charge in [-0.15, -0.1) is 0 Å². The van der Waals surface area contributed by atoms with E-state index >= 15 is 0 Å². The predicted molar refractivity (Wildman–Crippen MR) is 80.8 cm³/mol. The van der Waals surface area contributed by atoms with E-state index in [1.165, 1.54) is 12.1 Å². The van der Waals surface area contributed by atoms with Crippen LogP contribution in [0.4, 0.5) is 9.18 Å². The number of hydrogen-bond donors (Lipinski definition) is 2. The van der Waals surface area contributed by atoms with Crippen LogP contribution in [-0.4, -0.2) is 27.7 Å². The van der Waals surface area contributed by atoms with E-state index in [2.05, 4.69) is 15.5 Å². The highest BCUT2D eigenvalue weighted by molar-refractivity contribution is 5.75. The van der Waals surface area contributed by atoms with Crippen LogP contribution in [-0.2, 0) is 13.0 Å². The molecule has 3 rings (SSSR count). The van der Waals surface area contributed by atoms with Crippen LogP contribution in [0.2, 0.25) is 0 Å². The maximum absolute atomic E-state index is 12.9. The quantitative estimate of drug-likeness (QED) is 0.896. The van der Waals surface area contributed by atoms with Crippen LogP contribution in [0, 0.1) is 12.7 Å². The van der Waals surface area contributed by atoms with Crippen LogP contribution < -0.4 is 5.32 Å². The van der Waals surface area contributed by atoms with Crippen LogP contribution in [0.1, 0.15) is 35.5 Å². The standard InChI is InChI=1S/C16H19FN4O/c1-10(12-3-5-13(17)6-4-12)18-16(22)21-8-7-15-14(9-21)11(2)19-20-15/h3-6,10H,7-9H2,1-2H3,(H,18,22)(H,19,20)/t10-/m0/s1. The first-order valence-corrected chi connectivity index (χ1v) is 7.38. The average molecular weight is 302 g/mol. The van der Waals surface area contributed by atoms with E-state index < -0.39 is 0 Å². The van der Waals surface area contributed by atoms with Crippen molar-refractivity contribution in [3.63, 3.8) is 0 Å². The molecule has 1 aromatic carbocycles. The maximum atomic E-state index is 12.9. The minimum absolute atomic E-state index is 0.108. The Bertz CT molecular complexity index is 680. The van der Waals surface area contributed by atoms with Gasteiger partial charge in [0.2, 0.25) is 0 Å². The Morgan fingerprint density at radius 2 is 2.14 bits per heavy atom. The van der Waals surface area contributed by atoms with Crippen LogP contribution >= 0.6 is 0 Å². The number of carbonyl (C=O) groups excluding carboxylic acids is 1.